The lowest BCUT2D eigenvalue weighted by molar-refractivity contribution is 0.0593. The molecule has 0 aliphatic carbocycles. The third-order valence-corrected chi connectivity index (χ3v) is 4.48. The van der Waals surface area contributed by atoms with Crippen LogP contribution in [0.1, 0.15) is 27.4 Å². The second-order valence-electron chi connectivity index (χ2n) is 5.90. The summed E-state index contributed by atoms with van der Waals surface area (Å²) in [7, 11) is 1.37. The van der Waals surface area contributed by atoms with Gasteiger partial charge in [0.1, 0.15) is 5.82 Å². The second-order valence-corrected chi connectivity index (χ2v) is 5.90. The number of nitrogens with zero attached hydrogens (tertiary/aromatic N) is 6. The minimum Gasteiger partial charge on any atom is -0.464 e. The van der Waals surface area contributed by atoms with Crippen molar-refractivity contribution in [1.82, 2.24) is 24.4 Å². The number of anilines is 1. The fourth-order valence-corrected chi connectivity index (χ4v) is 3.14. The lowest BCUT2D eigenvalue weighted by Crippen LogP contribution is -2.35. The first kappa shape index (κ1) is 14.7. The number of hydrogen-bond acceptors (Lipinski definition) is 6. The average Bonchev–Trinajstić information content (AvgIpc) is 3.20. The number of ether oxygens (including phenoxy) is 1. The Morgan fingerprint density at radius 1 is 1.29 bits per heavy atom. The molecule has 4 heterocycles. The van der Waals surface area contributed by atoms with Gasteiger partial charge in [-0.1, -0.05) is 0 Å². The third kappa shape index (κ3) is 2.14. The van der Waals surface area contributed by atoms with Crippen LogP contribution >= 0.6 is 0 Å². The summed E-state index contributed by atoms with van der Waals surface area (Å²) >= 11 is 0. The number of fused-ring (bicyclic) bond motifs is 2. The molecule has 8 nitrogen and oxygen atoms in total. The van der Waals surface area contributed by atoms with Gasteiger partial charge in [-0.25, -0.2) is 9.78 Å². The van der Waals surface area contributed by atoms with Gasteiger partial charge in [0.25, 0.3) is 0 Å². The standard InChI is InChI=1S/C16H18N6O2/c1-10-11(2)18-14-4-5-17-22(14)15(10)20-6-7-21-12(9-20)8-13(19-21)16(23)24-3/h4-5,8H,6-7,9H2,1-3H3. The zero-order chi connectivity index (χ0) is 16.8. The van der Waals surface area contributed by atoms with E-state index in [0.717, 1.165) is 35.0 Å². The molecular weight excluding hydrogens is 308 g/mol. The normalized spacial score (nSPS) is 14.0. The molecule has 4 rings (SSSR count). The monoisotopic (exact) mass is 326 g/mol. The Morgan fingerprint density at radius 2 is 2.12 bits per heavy atom. The number of aryl methyl sites for hydroxylation is 1. The summed E-state index contributed by atoms with van der Waals surface area (Å²) in [6.07, 6.45) is 1.76. The van der Waals surface area contributed by atoms with Crippen LogP contribution in [0.2, 0.25) is 0 Å². The number of hydrogen-bond donors (Lipinski definition) is 0. The number of carbonyl (C=O) groups excluding carboxylic acids is 1. The van der Waals surface area contributed by atoms with Crippen molar-refractivity contribution in [3.8, 4) is 0 Å². The summed E-state index contributed by atoms with van der Waals surface area (Å²) in [5.41, 5.74) is 4.26. The number of esters is 1. The van der Waals surface area contributed by atoms with Gasteiger partial charge in [0.15, 0.2) is 11.3 Å². The van der Waals surface area contributed by atoms with E-state index in [-0.39, 0.29) is 0 Å². The zero-order valence-electron chi connectivity index (χ0n) is 13.9. The maximum absolute atomic E-state index is 11.7. The molecule has 0 saturated heterocycles. The molecule has 0 amide bonds. The minimum atomic E-state index is -0.408. The fraction of sp³-hybridized carbons (Fsp3) is 0.375. The number of rotatable bonds is 2. The maximum atomic E-state index is 11.7. The zero-order valence-corrected chi connectivity index (χ0v) is 13.9. The van der Waals surface area contributed by atoms with E-state index in [1.54, 1.807) is 12.3 Å². The van der Waals surface area contributed by atoms with Crippen LogP contribution in [0.5, 0.6) is 0 Å². The Morgan fingerprint density at radius 3 is 2.92 bits per heavy atom. The van der Waals surface area contributed by atoms with E-state index >= 15 is 0 Å². The first-order chi connectivity index (χ1) is 11.6. The topological polar surface area (TPSA) is 77.6 Å². The van der Waals surface area contributed by atoms with E-state index < -0.39 is 5.97 Å². The van der Waals surface area contributed by atoms with Crippen molar-refractivity contribution in [3.63, 3.8) is 0 Å². The van der Waals surface area contributed by atoms with Crippen molar-refractivity contribution in [2.24, 2.45) is 0 Å². The first-order valence-electron chi connectivity index (χ1n) is 7.79. The summed E-state index contributed by atoms with van der Waals surface area (Å²) < 4.78 is 8.49. The molecule has 8 heteroatoms. The highest BCUT2D eigenvalue weighted by atomic mass is 16.5. The van der Waals surface area contributed by atoms with E-state index in [1.165, 1.54) is 7.11 Å². The number of methoxy groups -OCH3 is 1. The summed E-state index contributed by atoms with van der Waals surface area (Å²) in [5, 5.41) is 8.74. The molecule has 1 aliphatic rings. The van der Waals surface area contributed by atoms with Crippen LogP contribution < -0.4 is 4.90 Å². The van der Waals surface area contributed by atoms with Crippen molar-refractivity contribution in [2.75, 3.05) is 18.6 Å². The Kier molecular flexibility index (Phi) is 3.26. The second kappa shape index (κ2) is 5.33. The highest BCUT2D eigenvalue weighted by molar-refractivity contribution is 5.87. The summed E-state index contributed by atoms with van der Waals surface area (Å²) in [6, 6.07) is 3.70. The van der Waals surface area contributed by atoms with Crippen LogP contribution in [0.3, 0.4) is 0 Å². The van der Waals surface area contributed by atoms with Gasteiger partial charge in [-0.3, -0.25) is 4.68 Å². The van der Waals surface area contributed by atoms with E-state index in [0.29, 0.717) is 18.8 Å². The lowest BCUT2D eigenvalue weighted by Gasteiger charge is -2.31. The van der Waals surface area contributed by atoms with Gasteiger partial charge >= 0.3 is 5.97 Å². The molecule has 3 aromatic rings. The van der Waals surface area contributed by atoms with Gasteiger partial charge in [-0.2, -0.15) is 14.7 Å². The van der Waals surface area contributed by atoms with Crippen LogP contribution in [0.25, 0.3) is 5.65 Å². The van der Waals surface area contributed by atoms with Gasteiger partial charge in [-0.15, -0.1) is 0 Å². The first-order valence-corrected chi connectivity index (χ1v) is 7.79. The van der Waals surface area contributed by atoms with Crippen LogP contribution in [0.4, 0.5) is 5.82 Å². The van der Waals surface area contributed by atoms with E-state index in [2.05, 4.69) is 27.0 Å². The molecule has 0 fully saturated rings. The van der Waals surface area contributed by atoms with E-state index in [1.807, 2.05) is 22.2 Å². The third-order valence-electron chi connectivity index (χ3n) is 4.48. The van der Waals surface area contributed by atoms with Crippen molar-refractivity contribution in [1.29, 1.82) is 0 Å². The number of aromatic nitrogens is 5. The van der Waals surface area contributed by atoms with Gasteiger partial charge in [0, 0.05) is 23.9 Å². The molecule has 0 aromatic carbocycles. The summed E-state index contributed by atoms with van der Waals surface area (Å²) in [6.45, 7) is 6.22. The Balaban J connectivity index is 1.75. The Bertz CT molecular complexity index is 942. The predicted octanol–water partition coefficient (Wildman–Crippen LogP) is 1.35. The van der Waals surface area contributed by atoms with Crippen molar-refractivity contribution < 1.29 is 9.53 Å². The smallest absolute Gasteiger partial charge is 0.358 e. The fourth-order valence-electron chi connectivity index (χ4n) is 3.14. The molecule has 0 saturated carbocycles. The molecule has 0 atom stereocenters. The lowest BCUT2D eigenvalue weighted by atomic mass is 10.2. The molecule has 0 unspecified atom stereocenters. The quantitative estimate of drug-likeness (QED) is 0.662. The molecule has 3 aromatic heterocycles. The Hall–Kier alpha value is -2.90. The molecule has 0 bridgehead atoms. The summed E-state index contributed by atoms with van der Waals surface area (Å²) in [4.78, 5) is 18.5. The van der Waals surface area contributed by atoms with Crippen LogP contribution in [0.15, 0.2) is 18.3 Å². The largest absolute Gasteiger partial charge is 0.464 e. The highest BCUT2D eigenvalue weighted by Gasteiger charge is 2.24. The molecule has 0 radical (unpaired) electrons. The highest BCUT2D eigenvalue weighted by Crippen LogP contribution is 2.26. The van der Waals surface area contributed by atoms with E-state index in [4.69, 9.17) is 4.74 Å². The van der Waals surface area contributed by atoms with Gasteiger partial charge in [0.05, 0.1) is 32.1 Å². The van der Waals surface area contributed by atoms with Gasteiger partial charge in [-0.05, 0) is 19.9 Å². The molecule has 0 N–H and O–H groups in total. The number of carbonyl (C=O) groups is 1. The molecular formula is C16H18N6O2. The molecule has 124 valence electrons. The Labute approximate surface area is 138 Å². The van der Waals surface area contributed by atoms with Crippen LogP contribution in [0, 0.1) is 13.8 Å². The SMILES string of the molecule is COC(=O)c1cc2n(n1)CCN(c1c(C)c(C)nc3ccnn13)C2. The van der Waals surface area contributed by atoms with E-state index in [9.17, 15) is 4.79 Å². The van der Waals surface area contributed by atoms with Crippen LogP contribution in [-0.2, 0) is 17.8 Å². The van der Waals surface area contributed by atoms with Crippen LogP contribution in [-0.4, -0.2) is 44.0 Å². The van der Waals surface area contributed by atoms with Crippen molar-refractivity contribution >= 4 is 17.4 Å². The van der Waals surface area contributed by atoms with Crippen molar-refractivity contribution in [3.05, 3.63) is 41.0 Å². The van der Waals surface area contributed by atoms with Gasteiger partial charge < -0.3 is 9.64 Å². The van der Waals surface area contributed by atoms with Gasteiger partial charge in [0.2, 0.25) is 0 Å². The maximum Gasteiger partial charge on any atom is 0.358 e. The predicted molar refractivity (Wildman–Crippen MR) is 87.1 cm³/mol. The summed E-state index contributed by atoms with van der Waals surface area (Å²) in [5.74, 6) is 0.628. The molecule has 0 spiro atoms. The minimum absolute atomic E-state index is 0.348. The average molecular weight is 326 g/mol. The molecule has 24 heavy (non-hydrogen) atoms. The molecule has 1 aliphatic heterocycles. The van der Waals surface area contributed by atoms with Crippen molar-refractivity contribution in [2.45, 2.75) is 26.9 Å².